The molecule has 1 N–H and O–H groups in total. The van der Waals surface area contributed by atoms with Crippen LogP contribution in [0.2, 0.25) is 0 Å². The Morgan fingerprint density at radius 2 is 1.95 bits per heavy atom. The van der Waals surface area contributed by atoms with E-state index in [-0.39, 0.29) is 16.7 Å². The number of benzene rings is 1. The Bertz CT molecular complexity index is 660. The first-order valence-electron chi connectivity index (χ1n) is 7.50. The third-order valence-corrected chi connectivity index (χ3v) is 6.21. The summed E-state index contributed by atoms with van der Waals surface area (Å²) < 4.78 is 27.2. The lowest BCUT2D eigenvalue weighted by molar-refractivity contribution is 0.0788. The minimum Gasteiger partial charge on any atom is -0.390 e. The van der Waals surface area contributed by atoms with Gasteiger partial charge in [-0.2, -0.15) is 4.31 Å². The number of terminal acetylenes is 1. The molecule has 22 heavy (non-hydrogen) atoms. The van der Waals surface area contributed by atoms with Crippen LogP contribution in [0, 0.1) is 31.1 Å². The minimum atomic E-state index is -3.62. The van der Waals surface area contributed by atoms with Gasteiger partial charge in [0.25, 0.3) is 0 Å². The largest absolute Gasteiger partial charge is 0.390 e. The molecule has 1 aromatic carbocycles. The van der Waals surface area contributed by atoms with Crippen LogP contribution in [0.25, 0.3) is 0 Å². The van der Waals surface area contributed by atoms with Gasteiger partial charge in [-0.15, -0.1) is 12.3 Å². The molecule has 1 saturated heterocycles. The van der Waals surface area contributed by atoms with Crippen LogP contribution >= 0.6 is 0 Å². The second-order valence-electron chi connectivity index (χ2n) is 6.24. The molecular weight excluding hydrogens is 298 g/mol. The van der Waals surface area contributed by atoms with Gasteiger partial charge in [-0.3, -0.25) is 0 Å². The number of aryl methyl sites for hydroxylation is 1. The molecule has 0 amide bonds. The Kier molecular flexibility index (Phi) is 4.96. The van der Waals surface area contributed by atoms with Gasteiger partial charge in [0.15, 0.2) is 0 Å². The summed E-state index contributed by atoms with van der Waals surface area (Å²) in [4.78, 5) is 0.262. The van der Waals surface area contributed by atoms with Crippen LogP contribution in [0.5, 0.6) is 0 Å². The van der Waals surface area contributed by atoms with Crippen LogP contribution < -0.4 is 0 Å². The maximum atomic E-state index is 12.9. The van der Waals surface area contributed by atoms with E-state index < -0.39 is 22.2 Å². The summed E-state index contributed by atoms with van der Waals surface area (Å²) in [6, 6.07) is 6.32. The average Bonchev–Trinajstić information content (AvgIpc) is 2.88. The molecule has 0 saturated carbocycles. The maximum Gasteiger partial charge on any atom is 0.243 e. The number of aliphatic hydroxyl groups is 1. The molecule has 1 aromatic rings. The van der Waals surface area contributed by atoms with Crippen molar-refractivity contribution in [1.29, 1.82) is 0 Å². The average molecular weight is 321 g/mol. The van der Waals surface area contributed by atoms with Crippen molar-refractivity contribution >= 4 is 10.0 Å². The molecule has 1 aliphatic heterocycles. The molecule has 4 atom stereocenters. The quantitative estimate of drug-likeness (QED) is 0.863. The van der Waals surface area contributed by atoms with E-state index in [0.717, 1.165) is 5.56 Å². The Labute approximate surface area is 133 Å². The molecule has 4 nitrogen and oxygen atoms in total. The summed E-state index contributed by atoms with van der Waals surface area (Å²) in [5.74, 6) is 2.32. The van der Waals surface area contributed by atoms with E-state index in [2.05, 4.69) is 5.92 Å². The third-order valence-electron chi connectivity index (χ3n) is 4.30. The molecule has 0 bridgehead atoms. The van der Waals surface area contributed by atoms with E-state index >= 15 is 0 Å². The van der Waals surface area contributed by atoms with Gasteiger partial charge < -0.3 is 5.11 Å². The highest BCUT2D eigenvalue weighted by molar-refractivity contribution is 7.89. The molecule has 5 heteroatoms. The lowest BCUT2D eigenvalue weighted by atomic mass is 9.95. The number of nitrogens with zero attached hydrogens (tertiary/aromatic N) is 1. The van der Waals surface area contributed by atoms with Crippen molar-refractivity contribution in [1.82, 2.24) is 4.31 Å². The third kappa shape index (κ3) is 3.19. The zero-order chi connectivity index (χ0) is 16.5. The van der Waals surface area contributed by atoms with Crippen molar-refractivity contribution in [3.63, 3.8) is 0 Å². The molecule has 120 valence electrons. The van der Waals surface area contributed by atoms with Gasteiger partial charge in [0.05, 0.1) is 17.0 Å². The number of sulfonamides is 1. The highest BCUT2D eigenvalue weighted by Gasteiger charge is 2.43. The van der Waals surface area contributed by atoms with E-state index in [1.807, 2.05) is 13.8 Å². The summed E-state index contributed by atoms with van der Waals surface area (Å²) in [6.07, 6.45) is 5.15. The van der Waals surface area contributed by atoms with Crippen LogP contribution in [-0.2, 0) is 10.0 Å². The molecule has 0 radical (unpaired) electrons. The van der Waals surface area contributed by atoms with Gasteiger partial charge in [0, 0.05) is 12.5 Å². The lowest BCUT2D eigenvalue weighted by Gasteiger charge is -2.29. The highest BCUT2D eigenvalue weighted by Crippen LogP contribution is 2.33. The number of rotatable bonds is 4. The molecule has 0 unspecified atom stereocenters. The summed E-state index contributed by atoms with van der Waals surface area (Å²) in [6.45, 7) is 6.06. The highest BCUT2D eigenvalue weighted by atomic mass is 32.2. The van der Waals surface area contributed by atoms with Crippen LogP contribution in [0.3, 0.4) is 0 Å². The topological polar surface area (TPSA) is 57.6 Å². The monoisotopic (exact) mass is 321 g/mol. The molecule has 0 aromatic heterocycles. The fourth-order valence-corrected chi connectivity index (χ4v) is 4.68. The second-order valence-corrected chi connectivity index (χ2v) is 8.13. The van der Waals surface area contributed by atoms with Crippen LogP contribution in [0.1, 0.15) is 25.8 Å². The fraction of sp³-hybridized carbons (Fsp3) is 0.529. The van der Waals surface area contributed by atoms with Gasteiger partial charge >= 0.3 is 0 Å². The predicted octanol–water partition coefficient (Wildman–Crippen LogP) is 2.02. The summed E-state index contributed by atoms with van der Waals surface area (Å²) in [7, 11) is -3.62. The van der Waals surface area contributed by atoms with E-state index in [0.29, 0.717) is 13.0 Å². The van der Waals surface area contributed by atoms with Gasteiger partial charge in [0.1, 0.15) is 0 Å². The molecule has 0 spiro atoms. The van der Waals surface area contributed by atoms with E-state index in [1.165, 1.54) is 4.31 Å². The van der Waals surface area contributed by atoms with Gasteiger partial charge in [-0.05, 0) is 38.3 Å². The van der Waals surface area contributed by atoms with Crippen molar-refractivity contribution < 1.29 is 13.5 Å². The van der Waals surface area contributed by atoms with Crippen LogP contribution in [0.15, 0.2) is 29.2 Å². The van der Waals surface area contributed by atoms with Gasteiger partial charge in [-0.25, -0.2) is 8.42 Å². The first-order valence-corrected chi connectivity index (χ1v) is 8.94. The SMILES string of the molecule is C#C[C@@H](C)[C@H](O)[C@H]1C[C@H](C)CN1S(=O)(=O)c1ccc(C)cc1. The number of hydrogen-bond donors (Lipinski definition) is 1. The normalized spacial score (nSPS) is 25.6. The fourth-order valence-electron chi connectivity index (χ4n) is 2.91. The molecule has 1 fully saturated rings. The van der Waals surface area contributed by atoms with Crippen molar-refractivity contribution in [2.75, 3.05) is 6.54 Å². The predicted molar refractivity (Wildman–Crippen MR) is 86.6 cm³/mol. The Hall–Kier alpha value is -1.35. The van der Waals surface area contributed by atoms with Gasteiger partial charge in [0.2, 0.25) is 10.0 Å². The summed E-state index contributed by atoms with van der Waals surface area (Å²) in [5, 5.41) is 10.4. The summed E-state index contributed by atoms with van der Waals surface area (Å²) in [5.41, 5.74) is 1.01. The lowest BCUT2D eigenvalue weighted by Crippen LogP contribution is -2.45. The van der Waals surface area contributed by atoms with E-state index in [1.54, 1.807) is 31.2 Å². The first-order chi connectivity index (χ1) is 10.3. The second kappa shape index (κ2) is 6.41. The smallest absolute Gasteiger partial charge is 0.243 e. The first kappa shape index (κ1) is 17.0. The molecular formula is C17H23NO3S. The van der Waals surface area contributed by atoms with Crippen molar-refractivity contribution in [3.05, 3.63) is 29.8 Å². The standard InChI is InChI=1S/C17H23NO3S/c1-5-14(4)17(19)16-10-13(3)11-18(16)22(20,21)15-8-6-12(2)7-9-15/h1,6-9,13-14,16-17,19H,10-11H2,2-4H3/t13-,14+,16+,17-/m0/s1. The molecule has 0 aliphatic carbocycles. The van der Waals surface area contributed by atoms with Crippen molar-refractivity contribution in [2.45, 2.75) is 44.2 Å². The zero-order valence-electron chi connectivity index (χ0n) is 13.2. The zero-order valence-corrected chi connectivity index (χ0v) is 14.0. The van der Waals surface area contributed by atoms with Crippen molar-refractivity contribution in [2.24, 2.45) is 11.8 Å². The maximum absolute atomic E-state index is 12.9. The van der Waals surface area contributed by atoms with Crippen molar-refractivity contribution in [3.8, 4) is 12.3 Å². The number of hydrogen-bond acceptors (Lipinski definition) is 3. The van der Waals surface area contributed by atoms with E-state index in [4.69, 9.17) is 6.42 Å². The Balaban J connectivity index is 2.35. The Morgan fingerprint density at radius 3 is 2.50 bits per heavy atom. The molecule has 1 aliphatic rings. The number of aliphatic hydroxyl groups excluding tert-OH is 1. The van der Waals surface area contributed by atoms with Gasteiger partial charge in [-0.1, -0.05) is 24.6 Å². The summed E-state index contributed by atoms with van der Waals surface area (Å²) >= 11 is 0. The minimum absolute atomic E-state index is 0.199. The molecule has 1 heterocycles. The Morgan fingerprint density at radius 1 is 1.36 bits per heavy atom. The van der Waals surface area contributed by atoms with Crippen LogP contribution in [-0.4, -0.2) is 36.5 Å². The van der Waals surface area contributed by atoms with Crippen LogP contribution in [0.4, 0.5) is 0 Å². The molecule has 2 rings (SSSR count). The van der Waals surface area contributed by atoms with E-state index in [9.17, 15) is 13.5 Å².